The van der Waals surface area contributed by atoms with Crippen LogP contribution >= 0.6 is 11.6 Å². The van der Waals surface area contributed by atoms with Crippen molar-refractivity contribution in [1.82, 2.24) is 14.3 Å². The molecule has 6 nitrogen and oxygen atoms in total. The fourth-order valence-electron chi connectivity index (χ4n) is 2.57. The van der Waals surface area contributed by atoms with E-state index in [-0.39, 0.29) is 10.6 Å². The molecule has 0 bridgehead atoms. The first-order chi connectivity index (χ1) is 12.4. The van der Waals surface area contributed by atoms with Crippen molar-refractivity contribution in [2.45, 2.75) is 17.9 Å². The first-order valence-electron chi connectivity index (χ1n) is 7.85. The molecule has 1 heterocycles. The van der Waals surface area contributed by atoms with Gasteiger partial charge in [-0.25, -0.2) is 18.1 Å². The van der Waals surface area contributed by atoms with Gasteiger partial charge in [-0.1, -0.05) is 23.7 Å². The molecule has 26 heavy (non-hydrogen) atoms. The topological polar surface area (TPSA) is 73.2 Å². The van der Waals surface area contributed by atoms with Crippen LogP contribution in [0.5, 0.6) is 5.75 Å². The van der Waals surface area contributed by atoms with Gasteiger partial charge in [0.05, 0.1) is 13.4 Å². The first kappa shape index (κ1) is 18.4. The number of halogens is 1. The summed E-state index contributed by atoms with van der Waals surface area (Å²) in [6.45, 7) is 1.78. The van der Waals surface area contributed by atoms with Crippen molar-refractivity contribution in [2.75, 3.05) is 7.11 Å². The number of hydrogen-bond acceptors (Lipinski definition) is 4. The number of imidazole rings is 1. The van der Waals surface area contributed by atoms with E-state index >= 15 is 0 Å². The van der Waals surface area contributed by atoms with Gasteiger partial charge in [0, 0.05) is 29.1 Å². The van der Waals surface area contributed by atoms with Crippen molar-refractivity contribution >= 4 is 21.6 Å². The molecule has 1 aromatic heterocycles. The van der Waals surface area contributed by atoms with Gasteiger partial charge in [-0.15, -0.1) is 0 Å². The molecule has 0 fully saturated rings. The van der Waals surface area contributed by atoms with Crippen LogP contribution in [0.4, 0.5) is 0 Å². The van der Waals surface area contributed by atoms with Crippen molar-refractivity contribution < 1.29 is 13.2 Å². The third-order valence-corrected chi connectivity index (χ3v) is 5.74. The van der Waals surface area contributed by atoms with E-state index in [1.54, 1.807) is 25.5 Å². The maximum Gasteiger partial charge on any atom is 0.244 e. The van der Waals surface area contributed by atoms with E-state index in [1.807, 2.05) is 35.0 Å². The van der Waals surface area contributed by atoms with Crippen molar-refractivity contribution in [3.63, 3.8) is 0 Å². The average molecular weight is 392 g/mol. The minimum atomic E-state index is -3.80. The van der Waals surface area contributed by atoms with Crippen LogP contribution < -0.4 is 9.46 Å². The lowest BCUT2D eigenvalue weighted by atomic mass is 10.1. The number of rotatable bonds is 6. The monoisotopic (exact) mass is 391 g/mol. The number of ether oxygens (including phenoxy) is 1. The standard InChI is InChI=1S/C18H18ClN3O3S/c1-13(14-3-6-16(7-4-14)22-10-9-20-12-22)21-26(23,24)18-11-15(19)5-8-17(18)25-2/h3-13,21H,1-2H3/t13-/m0/s1. The zero-order valence-electron chi connectivity index (χ0n) is 14.3. The summed E-state index contributed by atoms with van der Waals surface area (Å²) in [6, 6.07) is 11.6. The highest BCUT2D eigenvalue weighted by Gasteiger charge is 2.23. The fraction of sp³-hybridized carbons (Fsp3) is 0.167. The molecule has 136 valence electrons. The van der Waals surface area contributed by atoms with Gasteiger partial charge < -0.3 is 9.30 Å². The van der Waals surface area contributed by atoms with Crippen LogP contribution in [-0.2, 0) is 10.0 Å². The van der Waals surface area contributed by atoms with E-state index in [0.717, 1.165) is 11.3 Å². The van der Waals surface area contributed by atoms with Gasteiger partial charge in [-0.3, -0.25) is 0 Å². The molecule has 0 aliphatic rings. The van der Waals surface area contributed by atoms with Gasteiger partial charge in [-0.05, 0) is 42.8 Å². The Hall–Kier alpha value is -2.35. The maximum atomic E-state index is 12.7. The summed E-state index contributed by atoms with van der Waals surface area (Å²) >= 11 is 5.94. The van der Waals surface area contributed by atoms with Crippen LogP contribution in [0.3, 0.4) is 0 Å². The molecule has 0 saturated carbocycles. The molecule has 0 unspecified atom stereocenters. The van der Waals surface area contributed by atoms with Crippen LogP contribution in [0, 0.1) is 0 Å². The number of nitrogens with one attached hydrogen (secondary N) is 1. The van der Waals surface area contributed by atoms with E-state index in [9.17, 15) is 8.42 Å². The fourth-order valence-corrected chi connectivity index (χ4v) is 4.24. The SMILES string of the molecule is COc1ccc(Cl)cc1S(=O)(=O)N[C@@H](C)c1ccc(-n2ccnc2)cc1. The molecular weight excluding hydrogens is 374 g/mol. The second-order valence-electron chi connectivity index (χ2n) is 5.70. The van der Waals surface area contributed by atoms with Gasteiger partial charge in [-0.2, -0.15) is 0 Å². The second-order valence-corrected chi connectivity index (χ2v) is 7.82. The molecule has 0 saturated heterocycles. The Bertz CT molecular complexity index is 987. The van der Waals surface area contributed by atoms with E-state index in [2.05, 4.69) is 9.71 Å². The number of nitrogens with zero attached hydrogens (tertiary/aromatic N) is 2. The molecule has 2 aromatic carbocycles. The number of benzene rings is 2. The summed E-state index contributed by atoms with van der Waals surface area (Å²) in [5, 5.41) is 0.323. The Balaban J connectivity index is 1.83. The van der Waals surface area contributed by atoms with Crippen molar-refractivity contribution in [3.8, 4) is 11.4 Å². The quantitative estimate of drug-likeness (QED) is 0.697. The van der Waals surface area contributed by atoms with E-state index in [0.29, 0.717) is 5.02 Å². The molecule has 8 heteroatoms. The molecular formula is C18H18ClN3O3S. The Morgan fingerprint density at radius 1 is 1.19 bits per heavy atom. The molecule has 0 aliphatic heterocycles. The molecule has 0 amide bonds. The predicted octanol–water partition coefficient (Wildman–Crippen LogP) is 3.57. The summed E-state index contributed by atoms with van der Waals surface area (Å²) in [7, 11) is -2.38. The van der Waals surface area contributed by atoms with E-state index < -0.39 is 16.1 Å². The summed E-state index contributed by atoms with van der Waals surface area (Å²) in [4.78, 5) is 4.02. The van der Waals surface area contributed by atoms with Crippen LogP contribution in [0.2, 0.25) is 5.02 Å². The van der Waals surface area contributed by atoms with Gasteiger partial charge in [0.2, 0.25) is 10.0 Å². The van der Waals surface area contributed by atoms with Crippen molar-refractivity contribution in [1.29, 1.82) is 0 Å². The summed E-state index contributed by atoms with van der Waals surface area (Å²) < 4.78 is 35.2. The van der Waals surface area contributed by atoms with E-state index in [1.165, 1.54) is 19.2 Å². The molecule has 0 spiro atoms. The molecule has 1 N–H and O–H groups in total. The summed E-state index contributed by atoms with van der Waals surface area (Å²) in [6.07, 6.45) is 5.24. The highest BCUT2D eigenvalue weighted by atomic mass is 35.5. The largest absolute Gasteiger partial charge is 0.495 e. The minimum absolute atomic E-state index is 0.00869. The smallest absolute Gasteiger partial charge is 0.244 e. The molecule has 0 radical (unpaired) electrons. The lowest BCUT2D eigenvalue weighted by Gasteiger charge is -2.17. The Morgan fingerprint density at radius 3 is 2.54 bits per heavy atom. The second kappa shape index (κ2) is 7.49. The molecule has 3 rings (SSSR count). The number of hydrogen-bond donors (Lipinski definition) is 1. The van der Waals surface area contributed by atoms with Gasteiger partial charge in [0.15, 0.2) is 0 Å². The van der Waals surface area contributed by atoms with Crippen LogP contribution in [-0.4, -0.2) is 25.1 Å². The highest BCUT2D eigenvalue weighted by Crippen LogP contribution is 2.28. The van der Waals surface area contributed by atoms with Crippen LogP contribution in [0.1, 0.15) is 18.5 Å². The van der Waals surface area contributed by atoms with Crippen LogP contribution in [0.25, 0.3) is 5.69 Å². The zero-order chi connectivity index (χ0) is 18.7. The third-order valence-electron chi connectivity index (χ3n) is 3.94. The Morgan fingerprint density at radius 2 is 1.92 bits per heavy atom. The Kier molecular flexibility index (Phi) is 5.31. The first-order valence-corrected chi connectivity index (χ1v) is 9.71. The number of methoxy groups -OCH3 is 1. The lowest BCUT2D eigenvalue weighted by molar-refractivity contribution is 0.402. The summed E-state index contributed by atoms with van der Waals surface area (Å²) in [5.41, 5.74) is 1.77. The van der Waals surface area contributed by atoms with Gasteiger partial charge >= 0.3 is 0 Å². The predicted molar refractivity (Wildman–Crippen MR) is 100 cm³/mol. The Labute approximate surface area is 157 Å². The highest BCUT2D eigenvalue weighted by molar-refractivity contribution is 7.89. The third kappa shape index (κ3) is 3.90. The molecule has 1 atom stereocenters. The average Bonchev–Trinajstić information content (AvgIpc) is 3.16. The normalized spacial score (nSPS) is 12.7. The molecule has 3 aromatic rings. The maximum absolute atomic E-state index is 12.7. The number of aromatic nitrogens is 2. The van der Waals surface area contributed by atoms with E-state index in [4.69, 9.17) is 16.3 Å². The van der Waals surface area contributed by atoms with Crippen molar-refractivity contribution in [2.24, 2.45) is 0 Å². The molecule has 0 aliphatic carbocycles. The lowest BCUT2D eigenvalue weighted by Crippen LogP contribution is -2.27. The van der Waals surface area contributed by atoms with Gasteiger partial charge in [0.25, 0.3) is 0 Å². The van der Waals surface area contributed by atoms with Crippen LogP contribution in [0.15, 0.2) is 66.1 Å². The van der Waals surface area contributed by atoms with Gasteiger partial charge in [0.1, 0.15) is 10.6 Å². The minimum Gasteiger partial charge on any atom is -0.495 e. The summed E-state index contributed by atoms with van der Waals surface area (Å²) in [5.74, 6) is 0.240. The zero-order valence-corrected chi connectivity index (χ0v) is 15.8. The number of sulfonamides is 1. The van der Waals surface area contributed by atoms with Crippen molar-refractivity contribution in [3.05, 3.63) is 71.8 Å².